The number of aliphatic carboxylic acids is 1. The quantitative estimate of drug-likeness (QED) is 0.648. The van der Waals surface area contributed by atoms with Crippen LogP contribution >= 0.6 is 0 Å². The topological polar surface area (TPSA) is 132 Å². The van der Waals surface area contributed by atoms with Crippen LogP contribution in [0.5, 0.6) is 0 Å². The molecular weight excluding hydrogens is 314 g/mol. The molecule has 0 bridgehead atoms. The van der Waals surface area contributed by atoms with Gasteiger partial charge in [-0.05, 0) is 25.2 Å². The van der Waals surface area contributed by atoms with Crippen molar-refractivity contribution >= 4 is 21.5 Å². The minimum atomic E-state index is -3.81. The van der Waals surface area contributed by atoms with Crippen molar-refractivity contribution in [2.45, 2.75) is 37.3 Å². The number of nitrogens with zero attached hydrogens (tertiary/aromatic N) is 3. The van der Waals surface area contributed by atoms with Crippen molar-refractivity contribution in [3.63, 3.8) is 0 Å². The van der Waals surface area contributed by atoms with Crippen LogP contribution in [0.25, 0.3) is 0 Å². The van der Waals surface area contributed by atoms with E-state index in [1.807, 2.05) is 6.92 Å². The number of rotatable bonds is 4. The first-order valence-electron chi connectivity index (χ1n) is 6.77. The third-order valence-corrected chi connectivity index (χ3v) is 5.03. The molecule has 1 aliphatic rings. The Hall–Kier alpha value is -1.97. The van der Waals surface area contributed by atoms with Gasteiger partial charge in [-0.25, -0.2) is 8.42 Å². The van der Waals surface area contributed by atoms with Gasteiger partial charge < -0.3 is 5.11 Å². The van der Waals surface area contributed by atoms with E-state index in [9.17, 15) is 23.3 Å². The second-order valence-electron chi connectivity index (χ2n) is 5.72. The standard InChI is InChI=1S/C12H17N3O6S/c1-7-5-8(12(16)17)3-4-9(7)14-6-10(15(18)19)11(13-14)22(2,20)21/h6-9H,3-5H2,1-2H3,(H,16,17)/t7-,8-,9-/m1/s1. The molecule has 1 aliphatic carbocycles. The van der Waals surface area contributed by atoms with Crippen molar-refractivity contribution in [1.82, 2.24) is 9.78 Å². The number of aromatic nitrogens is 2. The van der Waals surface area contributed by atoms with Crippen molar-refractivity contribution in [2.24, 2.45) is 11.8 Å². The van der Waals surface area contributed by atoms with E-state index in [2.05, 4.69) is 5.10 Å². The van der Waals surface area contributed by atoms with Gasteiger partial charge in [-0.2, -0.15) is 5.10 Å². The molecule has 0 unspecified atom stereocenters. The Morgan fingerprint density at radius 1 is 1.50 bits per heavy atom. The number of hydrogen-bond donors (Lipinski definition) is 1. The SMILES string of the molecule is C[C@@H]1C[C@H](C(=O)O)CC[C@H]1n1cc([N+](=O)[O-])c(S(C)(=O)=O)n1. The molecule has 1 saturated carbocycles. The Morgan fingerprint density at radius 3 is 2.55 bits per heavy atom. The van der Waals surface area contributed by atoms with Crippen LogP contribution in [0, 0.1) is 22.0 Å². The van der Waals surface area contributed by atoms with Gasteiger partial charge in [0.05, 0.1) is 16.9 Å². The minimum absolute atomic E-state index is 0.0678. The van der Waals surface area contributed by atoms with E-state index in [0.717, 1.165) is 12.5 Å². The fourth-order valence-electron chi connectivity index (χ4n) is 2.92. The number of nitro groups is 1. The van der Waals surface area contributed by atoms with Gasteiger partial charge in [0.1, 0.15) is 6.20 Å². The molecule has 122 valence electrons. The summed E-state index contributed by atoms with van der Waals surface area (Å²) in [5, 5.41) is 23.4. The van der Waals surface area contributed by atoms with E-state index in [1.54, 1.807) is 0 Å². The summed E-state index contributed by atoms with van der Waals surface area (Å²) < 4.78 is 24.5. The summed E-state index contributed by atoms with van der Waals surface area (Å²) in [6.07, 6.45) is 3.35. The molecule has 1 fully saturated rings. The normalized spacial score (nSPS) is 25.8. The number of carboxylic acid groups (broad SMARTS) is 1. The fourth-order valence-corrected chi connectivity index (χ4v) is 3.67. The Balaban J connectivity index is 2.34. The summed E-state index contributed by atoms with van der Waals surface area (Å²) in [5.41, 5.74) is -0.546. The second kappa shape index (κ2) is 5.67. The molecular formula is C12H17N3O6S. The van der Waals surface area contributed by atoms with E-state index in [-0.39, 0.29) is 12.0 Å². The predicted molar refractivity (Wildman–Crippen MR) is 75.2 cm³/mol. The highest BCUT2D eigenvalue weighted by Gasteiger charge is 2.35. The predicted octanol–water partition coefficient (Wildman–Crippen LogP) is 1.26. The lowest BCUT2D eigenvalue weighted by Gasteiger charge is -2.32. The van der Waals surface area contributed by atoms with Gasteiger partial charge in [-0.3, -0.25) is 19.6 Å². The van der Waals surface area contributed by atoms with E-state index < -0.39 is 37.4 Å². The molecule has 0 aliphatic heterocycles. The lowest BCUT2D eigenvalue weighted by Crippen LogP contribution is -2.29. The number of sulfone groups is 1. The second-order valence-corrected chi connectivity index (χ2v) is 7.65. The molecule has 0 spiro atoms. The van der Waals surface area contributed by atoms with E-state index in [1.165, 1.54) is 4.68 Å². The Kier molecular flexibility index (Phi) is 4.23. The van der Waals surface area contributed by atoms with E-state index in [0.29, 0.717) is 19.3 Å². The third-order valence-electron chi connectivity index (χ3n) is 4.04. The maximum atomic E-state index is 11.6. The van der Waals surface area contributed by atoms with Gasteiger partial charge in [-0.1, -0.05) is 6.92 Å². The largest absolute Gasteiger partial charge is 0.481 e. The number of carboxylic acids is 1. The van der Waals surface area contributed by atoms with Crippen molar-refractivity contribution in [3.05, 3.63) is 16.3 Å². The van der Waals surface area contributed by atoms with Crippen LogP contribution in [0.1, 0.15) is 32.2 Å². The molecule has 0 saturated heterocycles. The maximum Gasteiger partial charge on any atom is 0.326 e. The van der Waals surface area contributed by atoms with Crippen LogP contribution in [0.2, 0.25) is 0 Å². The highest BCUT2D eigenvalue weighted by Crippen LogP contribution is 2.38. The van der Waals surface area contributed by atoms with Crippen molar-refractivity contribution in [2.75, 3.05) is 6.26 Å². The summed E-state index contributed by atoms with van der Waals surface area (Å²) in [6.45, 7) is 1.84. The molecule has 0 radical (unpaired) electrons. The van der Waals surface area contributed by atoms with Crippen LogP contribution in [-0.2, 0) is 14.6 Å². The van der Waals surface area contributed by atoms with Crippen LogP contribution < -0.4 is 0 Å². The fraction of sp³-hybridized carbons (Fsp3) is 0.667. The van der Waals surface area contributed by atoms with E-state index in [4.69, 9.17) is 5.11 Å². The monoisotopic (exact) mass is 331 g/mol. The molecule has 1 aromatic rings. The lowest BCUT2D eigenvalue weighted by molar-refractivity contribution is -0.387. The zero-order chi connectivity index (χ0) is 16.7. The molecule has 10 heteroatoms. The summed E-state index contributed by atoms with van der Waals surface area (Å²) in [6, 6.07) is -0.246. The van der Waals surface area contributed by atoms with Crippen molar-refractivity contribution in [3.8, 4) is 0 Å². The van der Waals surface area contributed by atoms with Gasteiger partial charge in [0.15, 0.2) is 0 Å². The minimum Gasteiger partial charge on any atom is -0.481 e. The summed E-state index contributed by atoms with van der Waals surface area (Å²) in [5.74, 6) is -1.36. The summed E-state index contributed by atoms with van der Waals surface area (Å²) in [4.78, 5) is 21.3. The number of hydrogen-bond acceptors (Lipinski definition) is 6. The highest BCUT2D eigenvalue weighted by atomic mass is 32.2. The van der Waals surface area contributed by atoms with Gasteiger partial charge in [0.25, 0.3) is 5.03 Å². The summed E-state index contributed by atoms with van der Waals surface area (Å²) >= 11 is 0. The van der Waals surface area contributed by atoms with Crippen LogP contribution in [0.15, 0.2) is 11.2 Å². The number of carbonyl (C=O) groups is 1. The smallest absolute Gasteiger partial charge is 0.326 e. The molecule has 1 aromatic heterocycles. The van der Waals surface area contributed by atoms with Crippen molar-refractivity contribution in [1.29, 1.82) is 0 Å². The maximum absolute atomic E-state index is 11.6. The van der Waals surface area contributed by atoms with Crippen molar-refractivity contribution < 1.29 is 23.2 Å². The summed E-state index contributed by atoms with van der Waals surface area (Å²) in [7, 11) is -3.81. The van der Waals surface area contributed by atoms with Crippen LogP contribution in [-0.4, -0.2) is 40.5 Å². The first kappa shape index (κ1) is 16.4. The molecule has 0 aromatic carbocycles. The molecule has 1 heterocycles. The molecule has 9 nitrogen and oxygen atoms in total. The Labute approximate surface area is 127 Å². The zero-order valence-corrected chi connectivity index (χ0v) is 13.0. The molecule has 0 amide bonds. The Morgan fingerprint density at radius 2 is 2.14 bits per heavy atom. The van der Waals surface area contributed by atoms with Crippen LogP contribution in [0.3, 0.4) is 0 Å². The lowest BCUT2D eigenvalue weighted by atomic mass is 9.79. The third kappa shape index (κ3) is 3.11. The first-order chi connectivity index (χ1) is 10.1. The molecule has 2 rings (SSSR count). The van der Waals surface area contributed by atoms with Gasteiger partial charge in [-0.15, -0.1) is 0 Å². The average molecular weight is 331 g/mol. The van der Waals surface area contributed by atoms with Gasteiger partial charge in [0, 0.05) is 6.26 Å². The first-order valence-corrected chi connectivity index (χ1v) is 8.66. The van der Waals surface area contributed by atoms with Gasteiger partial charge >= 0.3 is 11.7 Å². The molecule has 1 N–H and O–H groups in total. The average Bonchev–Trinajstić information content (AvgIpc) is 2.83. The van der Waals surface area contributed by atoms with Crippen LogP contribution in [0.4, 0.5) is 5.69 Å². The zero-order valence-electron chi connectivity index (χ0n) is 12.2. The highest BCUT2D eigenvalue weighted by molar-refractivity contribution is 7.90. The molecule has 22 heavy (non-hydrogen) atoms. The van der Waals surface area contributed by atoms with Gasteiger partial charge in [0.2, 0.25) is 9.84 Å². The van der Waals surface area contributed by atoms with E-state index >= 15 is 0 Å². The Bertz CT molecular complexity index is 710. The molecule has 3 atom stereocenters.